The maximum Gasteiger partial charge on any atom is 0.232 e. The molecule has 0 saturated carbocycles. The lowest BCUT2D eigenvalue weighted by atomic mass is 10.1. The summed E-state index contributed by atoms with van der Waals surface area (Å²) < 4.78 is 30.8. The number of para-hydroxylation sites is 2. The standard InChI is InChI=1S/C13H17NO4S/c1-10(15)7-8-11-9-14(19(2,16)17)12-5-3-4-6-13(12)18-11/h3-6,11H,7-9H2,1-2H3/t11-/m0/s1. The highest BCUT2D eigenvalue weighted by Gasteiger charge is 2.30. The molecule has 0 radical (unpaired) electrons. The molecule has 0 bridgehead atoms. The SMILES string of the molecule is CC(=O)CC[C@H]1CN(S(C)(=O)=O)c2ccccc2O1. The summed E-state index contributed by atoms with van der Waals surface area (Å²) in [7, 11) is -3.34. The minimum atomic E-state index is -3.34. The van der Waals surface area contributed by atoms with E-state index in [1.807, 2.05) is 0 Å². The van der Waals surface area contributed by atoms with Gasteiger partial charge >= 0.3 is 0 Å². The normalized spacial score (nSPS) is 18.6. The molecule has 0 unspecified atom stereocenters. The van der Waals surface area contributed by atoms with Crippen LogP contribution in [0.1, 0.15) is 19.8 Å². The molecular weight excluding hydrogens is 266 g/mol. The highest BCUT2D eigenvalue weighted by atomic mass is 32.2. The first-order chi connectivity index (χ1) is 8.88. The van der Waals surface area contributed by atoms with Crippen LogP contribution in [0.5, 0.6) is 5.75 Å². The Morgan fingerprint density at radius 2 is 2.11 bits per heavy atom. The molecule has 0 saturated heterocycles. The first-order valence-corrected chi connectivity index (χ1v) is 7.95. The van der Waals surface area contributed by atoms with Crippen molar-refractivity contribution in [2.75, 3.05) is 17.1 Å². The molecule has 0 spiro atoms. The van der Waals surface area contributed by atoms with Gasteiger partial charge in [0.25, 0.3) is 0 Å². The molecule has 1 atom stereocenters. The third-order valence-corrected chi connectivity index (χ3v) is 4.16. The van der Waals surface area contributed by atoms with E-state index in [0.29, 0.717) is 24.3 Å². The van der Waals surface area contributed by atoms with Gasteiger partial charge in [0.15, 0.2) is 0 Å². The Bertz CT molecular complexity index is 582. The van der Waals surface area contributed by atoms with Crippen LogP contribution in [0.15, 0.2) is 24.3 Å². The van der Waals surface area contributed by atoms with Gasteiger partial charge in [-0.1, -0.05) is 12.1 Å². The molecule has 1 aliphatic rings. The van der Waals surface area contributed by atoms with Crippen molar-refractivity contribution in [3.8, 4) is 5.75 Å². The quantitative estimate of drug-likeness (QED) is 0.841. The van der Waals surface area contributed by atoms with E-state index in [1.54, 1.807) is 24.3 Å². The van der Waals surface area contributed by atoms with Crippen LogP contribution in [0.25, 0.3) is 0 Å². The summed E-state index contributed by atoms with van der Waals surface area (Å²) in [6, 6.07) is 7.04. The summed E-state index contributed by atoms with van der Waals surface area (Å²) in [5.74, 6) is 0.626. The fraction of sp³-hybridized carbons (Fsp3) is 0.462. The number of hydrogen-bond donors (Lipinski definition) is 0. The van der Waals surface area contributed by atoms with Crippen molar-refractivity contribution in [2.45, 2.75) is 25.9 Å². The van der Waals surface area contributed by atoms with E-state index < -0.39 is 10.0 Å². The molecule has 0 N–H and O–H groups in total. The molecule has 1 heterocycles. The highest BCUT2D eigenvalue weighted by Crippen LogP contribution is 2.35. The van der Waals surface area contributed by atoms with Gasteiger partial charge in [-0.3, -0.25) is 4.31 Å². The topological polar surface area (TPSA) is 63.7 Å². The number of ketones is 1. The molecule has 6 heteroatoms. The number of carbonyl (C=O) groups is 1. The molecule has 0 amide bonds. The number of ether oxygens (including phenoxy) is 1. The van der Waals surface area contributed by atoms with Crippen molar-refractivity contribution in [1.82, 2.24) is 0 Å². The smallest absolute Gasteiger partial charge is 0.232 e. The van der Waals surface area contributed by atoms with Crippen LogP contribution >= 0.6 is 0 Å². The van der Waals surface area contributed by atoms with E-state index in [2.05, 4.69) is 0 Å². The second-order valence-corrected chi connectivity index (χ2v) is 6.65. The van der Waals surface area contributed by atoms with Crippen molar-refractivity contribution >= 4 is 21.5 Å². The third-order valence-electron chi connectivity index (χ3n) is 3.02. The Labute approximate surface area is 113 Å². The first-order valence-electron chi connectivity index (χ1n) is 6.11. The Kier molecular flexibility index (Phi) is 3.80. The third kappa shape index (κ3) is 3.26. The van der Waals surface area contributed by atoms with E-state index in [0.717, 1.165) is 0 Å². The zero-order valence-corrected chi connectivity index (χ0v) is 11.8. The lowest BCUT2D eigenvalue weighted by Gasteiger charge is -2.34. The number of hydrogen-bond acceptors (Lipinski definition) is 4. The molecule has 0 aliphatic carbocycles. The van der Waals surface area contributed by atoms with Crippen molar-refractivity contribution in [3.63, 3.8) is 0 Å². The first kappa shape index (κ1) is 13.9. The summed E-state index contributed by atoms with van der Waals surface area (Å²) in [5, 5.41) is 0. The average Bonchev–Trinajstić information content (AvgIpc) is 2.34. The lowest BCUT2D eigenvalue weighted by Crippen LogP contribution is -2.43. The zero-order chi connectivity index (χ0) is 14.0. The van der Waals surface area contributed by atoms with Crippen LogP contribution in [-0.2, 0) is 14.8 Å². The van der Waals surface area contributed by atoms with Crippen LogP contribution in [0.2, 0.25) is 0 Å². The monoisotopic (exact) mass is 283 g/mol. The molecule has 5 nitrogen and oxygen atoms in total. The molecule has 2 rings (SSSR count). The second kappa shape index (κ2) is 5.21. The van der Waals surface area contributed by atoms with Crippen molar-refractivity contribution < 1.29 is 17.9 Å². The molecule has 1 aliphatic heterocycles. The largest absolute Gasteiger partial charge is 0.486 e. The number of sulfonamides is 1. The van der Waals surface area contributed by atoms with Crippen LogP contribution in [0, 0.1) is 0 Å². The molecule has 19 heavy (non-hydrogen) atoms. The average molecular weight is 283 g/mol. The van der Waals surface area contributed by atoms with Gasteiger partial charge in [-0.05, 0) is 25.5 Å². The summed E-state index contributed by atoms with van der Waals surface area (Å²) in [5.41, 5.74) is 0.559. The van der Waals surface area contributed by atoms with Crippen molar-refractivity contribution in [3.05, 3.63) is 24.3 Å². The van der Waals surface area contributed by atoms with Gasteiger partial charge in [0, 0.05) is 6.42 Å². The van der Waals surface area contributed by atoms with E-state index >= 15 is 0 Å². The van der Waals surface area contributed by atoms with Crippen LogP contribution in [0.4, 0.5) is 5.69 Å². The number of rotatable bonds is 4. The predicted molar refractivity (Wildman–Crippen MR) is 73.0 cm³/mol. The minimum Gasteiger partial charge on any atom is -0.486 e. The molecule has 0 fully saturated rings. The van der Waals surface area contributed by atoms with Gasteiger partial charge in [0.1, 0.15) is 17.6 Å². The highest BCUT2D eigenvalue weighted by molar-refractivity contribution is 7.92. The van der Waals surface area contributed by atoms with Gasteiger partial charge in [0.05, 0.1) is 18.5 Å². The number of carbonyl (C=O) groups excluding carboxylic acids is 1. The number of fused-ring (bicyclic) bond motifs is 1. The van der Waals surface area contributed by atoms with Gasteiger partial charge in [-0.15, -0.1) is 0 Å². The Morgan fingerprint density at radius 3 is 2.74 bits per heavy atom. The Balaban J connectivity index is 2.27. The van der Waals surface area contributed by atoms with Gasteiger partial charge in [-0.2, -0.15) is 0 Å². The molecule has 104 valence electrons. The van der Waals surface area contributed by atoms with Gasteiger partial charge in [0.2, 0.25) is 10.0 Å². The fourth-order valence-electron chi connectivity index (χ4n) is 2.09. The van der Waals surface area contributed by atoms with Gasteiger partial charge < -0.3 is 9.53 Å². The Morgan fingerprint density at radius 1 is 1.42 bits per heavy atom. The van der Waals surface area contributed by atoms with Crippen LogP contribution in [-0.4, -0.2) is 33.1 Å². The Hall–Kier alpha value is -1.56. The summed E-state index contributed by atoms with van der Waals surface area (Å²) in [4.78, 5) is 11.0. The summed E-state index contributed by atoms with van der Waals surface area (Å²) >= 11 is 0. The number of Topliss-reactive ketones (excluding diaryl/α,β-unsaturated/α-hetero) is 1. The molecule has 1 aromatic rings. The summed E-state index contributed by atoms with van der Waals surface area (Å²) in [6.45, 7) is 1.77. The van der Waals surface area contributed by atoms with E-state index in [9.17, 15) is 13.2 Å². The number of benzene rings is 1. The van der Waals surface area contributed by atoms with Crippen LogP contribution < -0.4 is 9.04 Å². The maximum absolute atomic E-state index is 11.8. The summed E-state index contributed by atoms with van der Waals surface area (Å²) in [6.07, 6.45) is 1.81. The van der Waals surface area contributed by atoms with E-state index in [-0.39, 0.29) is 18.4 Å². The van der Waals surface area contributed by atoms with Gasteiger partial charge in [-0.25, -0.2) is 8.42 Å². The minimum absolute atomic E-state index is 0.0772. The molecule has 0 aromatic heterocycles. The molecular formula is C13H17NO4S. The number of anilines is 1. The lowest BCUT2D eigenvalue weighted by molar-refractivity contribution is -0.117. The molecule has 1 aromatic carbocycles. The van der Waals surface area contributed by atoms with E-state index in [1.165, 1.54) is 17.5 Å². The van der Waals surface area contributed by atoms with Crippen molar-refractivity contribution in [2.24, 2.45) is 0 Å². The van der Waals surface area contributed by atoms with Crippen LogP contribution in [0.3, 0.4) is 0 Å². The predicted octanol–water partition coefficient (Wildman–Crippen LogP) is 1.58. The zero-order valence-electron chi connectivity index (χ0n) is 11.0. The fourth-order valence-corrected chi connectivity index (χ4v) is 3.04. The number of nitrogens with zero attached hydrogens (tertiary/aromatic N) is 1. The second-order valence-electron chi connectivity index (χ2n) is 4.74. The van der Waals surface area contributed by atoms with Crippen molar-refractivity contribution in [1.29, 1.82) is 0 Å². The van der Waals surface area contributed by atoms with E-state index in [4.69, 9.17) is 4.74 Å². The maximum atomic E-state index is 11.8.